The van der Waals surface area contributed by atoms with Gasteiger partial charge in [-0.1, -0.05) is 17.7 Å². The average molecular weight is 550 g/mol. The summed E-state index contributed by atoms with van der Waals surface area (Å²) >= 11 is 6.54. The Kier molecular flexibility index (Phi) is 5.82. The van der Waals surface area contributed by atoms with Crippen LogP contribution in [0.4, 0.5) is 10.2 Å². The molecular formula is C26H21ClFN7O4. The van der Waals surface area contributed by atoms with Crippen LogP contribution in [0.25, 0.3) is 22.3 Å². The predicted octanol–water partition coefficient (Wildman–Crippen LogP) is 3.08. The first kappa shape index (κ1) is 24.2. The molecule has 1 aromatic carbocycles. The number of aliphatic hydroxyl groups is 1. The number of hydrogen-bond donors (Lipinski definition) is 3. The highest BCUT2D eigenvalue weighted by Gasteiger charge is 2.48. The van der Waals surface area contributed by atoms with Crippen molar-refractivity contribution in [2.24, 2.45) is 0 Å². The quantitative estimate of drug-likeness (QED) is 0.338. The Bertz CT molecular complexity index is 1630. The van der Waals surface area contributed by atoms with E-state index < -0.39 is 18.3 Å². The minimum Gasteiger partial charge on any atom is -0.456 e. The van der Waals surface area contributed by atoms with E-state index in [2.05, 4.69) is 30.2 Å². The van der Waals surface area contributed by atoms with E-state index in [9.17, 15) is 5.11 Å². The highest BCUT2D eigenvalue weighted by molar-refractivity contribution is 6.33. The van der Waals surface area contributed by atoms with Crippen LogP contribution in [0.5, 0.6) is 6.01 Å². The van der Waals surface area contributed by atoms with Gasteiger partial charge in [-0.25, -0.2) is 19.3 Å². The number of halogens is 2. The molecule has 2 aliphatic heterocycles. The Labute approximate surface area is 225 Å². The molecule has 5 atom stereocenters. The summed E-state index contributed by atoms with van der Waals surface area (Å²) in [6, 6.07) is 6.84. The van der Waals surface area contributed by atoms with E-state index in [1.807, 2.05) is 12.1 Å². The third kappa shape index (κ3) is 4.24. The van der Waals surface area contributed by atoms with E-state index in [-0.39, 0.29) is 43.0 Å². The molecule has 2 fully saturated rings. The zero-order valence-corrected chi connectivity index (χ0v) is 21.0. The minimum atomic E-state index is -0.671. The monoisotopic (exact) mass is 549 g/mol. The maximum atomic E-state index is 15.3. The third-order valence-corrected chi connectivity index (χ3v) is 7.60. The van der Waals surface area contributed by atoms with Crippen molar-refractivity contribution < 1.29 is 23.7 Å². The lowest BCUT2D eigenvalue weighted by Gasteiger charge is -2.17. The summed E-state index contributed by atoms with van der Waals surface area (Å²) in [6.45, 7) is 0.481. The fourth-order valence-corrected chi connectivity index (χ4v) is 5.67. The summed E-state index contributed by atoms with van der Waals surface area (Å²) < 4.78 is 32.5. The standard InChI is InChI=1S/C26H21ClFN7O4/c27-14-5-17-25(35-26(33-17)39-19-10-38-22-18(36)9-37-23(19)22)34-24(14)32-16-2-1-11-3-12(4-15(28)21(11)16)13-7-30-20(6-29)31-8-13/h3-5,7-8,16,18-19,22-23,36H,1-2,9-10H2,(H2,32,33,34,35)/t16-,18+,19+,22?,23+/m0/s1. The molecule has 3 aromatic heterocycles. The first-order valence-electron chi connectivity index (χ1n) is 12.4. The topological polar surface area (TPSA) is 151 Å². The summed E-state index contributed by atoms with van der Waals surface area (Å²) in [5.74, 6) is 0.0897. The number of fused-ring (bicyclic) bond motifs is 3. The molecule has 2 saturated heterocycles. The number of imidazole rings is 1. The number of aryl methyl sites for hydroxylation is 1. The van der Waals surface area contributed by atoms with Gasteiger partial charge in [-0.15, -0.1) is 0 Å². The highest BCUT2D eigenvalue weighted by Crippen LogP contribution is 2.39. The van der Waals surface area contributed by atoms with Gasteiger partial charge in [0, 0.05) is 23.5 Å². The number of ether oxygens (including phenoxy) is 3. The van der Waals surface area contributed by atoms with Crippen LogP contribution < -0.4 is 10.1 Å². The van der Waals surface area contributed by atoms with Crippen molar-refractivity contribution in [1.82, 2.24) is 24.9 Å². The Morgan fingerprint density at radius 3 is 2.77 bits per heavy atom. The molecule has 0 spiro atoms. The lowest BCUT2D eigenvalue weighted by atomic mass is 10.0. The van der Waals surface area contributed by atoms with Gasteiger partial charge >= 0.3 is 0 Å². The lowest BCUT2D eigenvalue weighted by Crippen LogP contribution is -2.34. The summed E-state index contributed by atoms with van der Waals surface area (Å²) in [5, 5.41) is 22.5. The zero-order valence-electron chi connectivity index (χ0n) is 20.3. The largest absolute Gasteiger partial charge is 0.456 e. The zero-order chi connectivity index (χ0) is 26.7. The first-order chi connectivity index (χ1) is 19.0. The minimum absolute atomic E-state index is 0.0606. The second kappa shape index (κ2) is 9.39. The molecule has 0 radical (unpaired) electrons. The van der Waals surface area contributed by atoms with E-state index >= 15 is 4.39 Å². The maximum absolute atomic E-state index is 15.3. The van der Waals surface area contributed by atoms with Crippen LogP contribution in [0.2, 0.25) is 5.02 Å². The summed E-state index contributed by atoms with van der Waals surface area (Å²) in [6.07, 6.45) is 2.48. The Hall–Kier alpha value is -3.89. The van der Waals surface area contributed by atoms with Gasteiger partial charge in [0.15, 0.2) is 11.8 Å². The number of pyridine rings is 1. The van der Waals surface area contributed by atoms with Crippen molar-refractivity contribution in [3.63, 3.8) is 0 Å². The number of rotatable bonds is 5. The van der Waals surface area contributed by atoms with Crippen molar-refractivity contribution in [2.45, 2.75) is 43.3 Å². The van der Waals surface area contributed by atoms with Gasteiger partial charge in [0.1, 0.15) is 36.0 Å². The number of nitrogens with zero attached hydrogens (tertiary/aromatic N) is 5. The molecule has 198 valence electrons. The van der Waals surface area contributed by atoms with Crippen molar-refractivity contribution >= 4 is 28.6 Å². The van der Waals surface area contributed by atoms with Crippen LogP contribution in [-0.2, 0) is 15.9 Å². The number of aliphatic hydroxyl groups excluding tert-OH is 1. The number of H-pyrrole nitrogens is 1. The van der Waals surface area contributed by atoms with Crippen molar-refractivity contribution in [2.75, 3.05) is 18.5 Å². The van der Waals surface area contributed by atoms with Gasteiger partial charge in [-0.05, 0) is 36.1 Å². The molecule has 0 saturated carbocycles. The van der Waals surface area contributed by atoms with Gasteiger partial charge in [0.25, 0.3) is 6.01 Å². The average Bonchev–Trinajstić information content (AvgIpc) is 3.71. The number of nitriles is 1. The normalized spacial score (nSPS) is 25.4. The molecule has 1 aliphatic carbocycles. The van der Waals surface area contributed by atoms with Gasteiger partial charge in [0.2, 0.25) is 5.82 Å². The molecule has 7 rings (SSSR count). The van der Waals surface area contributed by atoms with Gasteiger partial charge < -0.3 is 29.6 Å². The van der Waals surface area contributed by atoms with Crippen LogP contribution in [0.3, 0.4) is 0 Å². The fraction of sp³-hybridized carbons (Fsp3) is 0.346. The van der Waals surface area contributed by atoms with Crippen LogP contribution in [0, 0.1) is 17.1 Å². The van der Waals surface area contributed by atoms with Crippen LogP contribution in [0.1, 0.15) is 29.4 Å². The Morgan fingerprint density at radius 1 is 1.13 bits per heavy atom. The highest BCUT2D eigenvalue weighted by atomic mass is 35.5. The summed E-state index contributed by atoms with van der Waals surface area (Å²) in [4.78, 5) is 20.0. The van der Waals surface area contributed by atoms with Crippen molar-refractivity contribution in [3.05, 3.63) is 58.4 Å². The van der Waals surface area contributed by atoms with E-state index in [0.29, 0.717) is 51.5 Å². The third-order valence-electron chi connectivity index (χ3n) is 7.31. The molecular weight excluding hydrogens is 529 g/mol. The van der Waals surface area contributed by atoms with Gasteiger partial charge in [0.05, 0.1) is 29.8 Å². The number of hydrogen-bond acceptors (Lipinski definition) is 10. The van der Waals surface area contributed by atoms with Crippen LogP contribution in [0.15, 0.2) is 30.6 Å². The molecule has 13 heteroatoms. The molecule has 1 unspecified atom stereocenters. The first-order valence-corrected chi connectivity index (χ1v) is 12.8. The van der Waals surface area contributed by atoms with Crippen LogP contribution in [-0.4, -0.2) is 67.7 Å². The predicted molar refractivity (Wildman–Crippen MR) is 136 cm³/mol. The number of anilines is 1. The molecule has 5 heterocycles. The molecule has 0 amide bonds. The Balaban J connectivity index is 1.11. The smallest absolute Gasteiger partial charge is 0.296 e. The number of nitrogens with one attached hydrogen (secondary N) is 2. The molecule has 39 heavy (non-hydrogen) atoms. The second-order valence-electron chi connectivity index (χ2n) is 9.73. The SMILES string of the molecule is N#Cc1ncc(-c2cc(F)c3c(c2)CC[C@@H]3Nc2nc3nc(O[C@@H]4COC5[C@H](O)CO[C@@H]54)[nH]c3cc2Cl)cn1. The van der Waals surface area contributed by atoms with Crippen LogP contribution >= 0.6 is 11.6 Å². The molecule has 11 nitrogen and oxygen atoms in total. The maximum Gasteiger partial charge on any atom is 0.296 e. The van der Waals surface area contributed by atoms with Gasteiger partial charge in [-0.2, -0.15) is 10.2 Å². The molecule has 3 aliphatic rings. The van der Waals surface area contributed by atoms with E-state index in [1.54, 1.807) is 6.07 Å². The summed E-state index contributed by atoms with van der Waals surface area (Å²) in [5.41, 5.74) is 3.68. The van der Waals surface area contributed by atoms with Crippen molar-refractivity contribution in [3.8, 4) is 23.2 Å². The fourth-order valence-electron chi connectivity index (χ4n) is 5.47. The summed E-state index contributed by atoms with van der Waals surface area (Å²) in [7, 11) is 0. The number of benzene rings is 1. The molecule has 4 aromatic rings. The van der Waals surface area contributed by atoms with Crippen molar-refractivity contribution in [1.29, 1.82) is 5.26 Å². The van der Waals surface area contributed by atoms with E-state index in [0.717, 1.165) is 5.56 Å². The number of aromatic amines is 1. The number of aromatic nitrogens is 5. The van der Waals surface area contributed by atoms with Gasteiger partial charge in [-0.3, -0.25) is 0 Å². The Morgan fingerprint density at radius 2 is 1.95 bits per heavy atom. The molecule has 3 N–H and O–H groups in total. The molecule has 0 bridgehead atoms. The second-order valence-corrected chi connectivity index (χ2v) is 10.1. The van der Waals surface area contributed by atoms with E-state index in [4.69, 9.17) is 31.1 Å². The van der Waals surface area contributed by atoms with E-state index in [1.165, 1.54) is 18.5 Å². The lowest BCUT2D eigenvalue weighted by molar-refractivity contribution is 0.00706.